The second kappa shape index (κ2) is 3.81. The molecular formula is C11H12FN3. The molecule has 0 aliphatic carbocycles. The molecule has 1 heterocycles. The number of rotatable bonds is 2. The number of benzene rings is 1. The molecule has 0 atom stereocenters. The maximum atomic E-state index is 13.5. The van der Waals surface area contributed by atoms with Crippen LogP contribution in [-0.4, -0.2) is 15.0 Å². The summed E-state index contributed by atoms with van der Waals surface area (Å²) >= 11 is 0. The Hall–Kier alpha value is -1.71. The predicted molar refractivity (Wildman–Crippen MR) is 55.4 cm³/mol. The zero-order chi connectivity index (χ0) is 10.8. The highest BCUT2D eigenvalue weighted by Gasteiger charge is 2.06. The first-order valence-electron chi connectivity index (χ1n) is 4.88. The summed E-state index contributed by atoms with van der Waals surface area (Å²) in [5, 5.41) is 7.81. The van der Waals surface area contributed by atoms with Crippen molar-refractivity contribution in [2.45, 2.75) is 20.3 Å². The van der Waals surface area contributed by atoms with Crippen LogP contribution in [0.3, 0.4) is 0 Å². The summed E-state index contributed by atoms with van der Waals surface area (Å²) in [4.78, 5) is 0. The Labute approximate surface area is 87.5 Å². The number of halogens is 1. The van der Waals surface area contributed by atoms with Gasteiger partial charge in [0, 0.05) is 0 Å². The Bertz CT molecular complexity index is 476. The number of hydrogen-bond donors (Lipinski definition) is 0. The molecule has 0 fully saturated rings. The highest BCUT2D eigenvalue weighted by molar-refractivity contribution is 5.36. The Kier molecular flexibility index (Phi) is 2.49. The number of aromatic nitrogens is 3. The molecule has 1 aromatic heterocycles. The van der Waals surface area contributed by atoms with Crippen LogP contribution in [0.2, 0.25) is 0 Å². The van der Waals surface area contributed by atoms with E-state index < -0.39 is 0 Å². The molecule has 0 N–H and O–H groups in total. The second-order valence-corrected chi connectivity index (χ2v) is 3.46. The fraction of sp³-hybridized carbons (Fsp3) is 0.273. The van der Waals surface area contributed by atoms with Gasteiger partial charge in [-0.15, -0.1) is 5.10 Å². The quantitative estimate of drug-likeness (QED) is 0.753. The van der Waals surface area contributed by atoms with Crippen LogP contribution in [0.25, 0.3) is 5.69 Å². The monoisotopic (exact) mass is 205 g/mol. The molecular weight excluding hydrogens is 193 g/mol. The second-order valence-electron chi connectivity index (χ2n) is 3.46. The van der Waals surface area contributed by atoms with E-state index in [2.05, 4.69) is 10.3 Å². The molecule has 0 radical (unpaired) electrons. The maximum Gasteiger partial charge on any atom is 0.148 e. The van der Waals surface area contributed by atoms with Gasteiger partial charge in [0.15, 0.2) is 0 Å². The van der Waals surface area contributed by atoms with Crippen LogP contribution in [0.15, 0.2) is 24.4 Å². The fourth-order valence-electron chi connectivity index (χ4n) is 1.38. The third kappa shape index (κ3) is 1.88. The molecule has 0 unspecified atom stereocenters. The van der Waals surface area contributed by atoms with Gasteiger partial charge in [-0.2, -0.15) is 0 Å². The van der Waals surface area contributed by atoms with E-state index in [1.165, 1.54) is 10.7 Å². The SMILES string of the molecule is CCc1cn(-c2cc(C)ccc2F)nn1. The summed E-state index contributed by atoms with van der Waals surface area (Å²) in [5.41, 5.74) is 2.30. The van der Waals surface area contributed by atoms with Crippen molar-refractivity contribution in [3.8, 4) is 5.69 Å². The standard InChI is InChI=1S/C11H12FN3/c1-3-9-7-15(14-13-9)11-6-8(2)4-5-10(11)12/h4-7H,3H2,1-2H3. The molecule has 15 heavy (non-hydrogen) atoms. The van der Waals surface area contributed by atoms with Gasteiger partial charge in [0.2, 0.25) is 0 Å². The van der Waals surface area contributed by atoms with E-state index in [4.69, 9.17) is 0 Å². The summed E-state index contributed by atoms with van der Waals surface area (Å²) < 4.78 is 15.0. The average Bonchev–Trinajstić information content (AvgIpc) is 2.70. The molecule has 1 aromatic carbocycles. The highest BCUT2D eigenvalue weighted by Crippen LogP contribution is 2.14. The molecule has 78 valence electrons. The summed E-state index contributed by atoms with van der Waals surface area (Å²) in [7, 11) is 0. The van der Waals surface area contributed by atoms with Gasteiger partial charge in [0.05, 0.1) is 11.9 Å². The smallest absolute Gasteiger partial charge is 0.148 e. The van der Waals surface area contributed by atoms with E-state index in [-0.39, 0.29) is 5.82 Å². The zero-order valence-corrected chi connectivity index (χ0v) is 8.74. The zero-order valence-electron chi connectivity index (χ0n) is 8.74. The first-order valence-corrected chi connectivity index (χ1v) is 4.88. The molecule has 0 amide bonds. The lowest BCUT2D eigenvalue weighted by molar-refractivity contribution is 0.606. The van der Waals surface area contributed by atoms with E-state index in [1.54, 1.807) is 18.3 Å². The lowest BCUT2D eigenvalue weighted by atomic mass is 10.2. The molecule has 0 bridgehead atoms. The van der Waals surface area contributed by atoms with E-state index in [1.807, 2.05) is 13.8 Å². The number of hydrogen-bond acceptors (Lipinski definition) is 2. The molecule has 3 nitrogen and oxygen atoms in total. The van der Waals surface area contributed by atoms with Gasteiger partial charge in [-0.1, -0.05) is 18.2 Å². The van der Waals surface area contributed by atoms with Crippen molar-refractivity contribution in [3.05, 3.63) is 41.5 Å². The minimum Gasteiger partial charge on any atom is -0.217 e. The third-order valence-electron chi connectivity index (χ3n) is 2.25. The molecule has 0 saturated carbocycles. The van der Waals surface area contributed by atoms with E-state index in [0.717, 1.165) is 17.7 Å². The molecule has 2 rings (SSSR count). The van der Waals surface area contributed by atoms with Gasteiger partial charge in [-0.25, -0.2) is 9.07 Å². The summed E-state index contributed by atoms with van der Waals surface area (Å²) in [6.45, 7) is 3.90. The lowest BCUT2D eigenvalue weighted by Gasteiger charge is -2.02. The van der Waals surface area contributed by atoms with Crippen molar-refractivity contribution < 1.29 is 4.39 Å². The lowest BCUT2D eigenvalue weighted by Crippen LogP contribution is -1.98. The normalized spacial score (nSPS) is 10.6. The van der Waals surface area contributed by atoms with Crippen LogP contribution in [-0.2, 0) is 6.42 Å². The Morgan fingerprint density at radius 1 is 1.40 bits per heavy atom. The summed E-state index contributed by atoms with van der Waals surface area (Å²) in [6, 6.07) is 4.93. The Morgan fingerprint density at radius 2 is 2.20 bits per heavy atom. The average molecular weight is 205 g/mol. The number of aryl methyl sites for hydroxylation is 2. The van der Waals surface area contributed by atoms with Gasteiger partial charge in [0.25, 0.3) is 0 Å². The van der Waals surface area contributed by atoms with Crippen molar-refractivity contribution in [1.82, 2.24) is 15.0 Å². The van der Waals surface area contributed by atoms with Crippen LogP contribution in [0.4, 0.5) is 4.39 Å². The van der Waals surface area contributed by atoms with Gasteiger partial charge in [-0.3, -0.25) is 0 Å². The van der Waals surface area contributed by atoms with Crippen LogP contribution >= 0.6 is 0 Å². The summed E-state index contributed by atoms with van der Waals surface area (Å²) in [5.74, 6) is -0.284. The minimum absolute atomic E-state index is 0.284. The topological polar surface area (TPSA) is 30.7 Å². The van der Waals surface area contributed by atoms with E-state index in [9.17, 15) is 4.39 Å². The van der Waals surface area contributed by atoms with Gasteiger partial charge in [0.1, 0.15) is 11.5 Å². The Morgan fingerprint density at radius 3 is 2.87 bits per heavy atom. The van der Waals surface area contributed by atoms with E-state index >= 15 is 0 Å². The predicted octanol–water partition coefficient (Wildman–Crippen LogP) is 2.28. The highest BCUT2D eigenvalue weighted by atomic mass is 19.1. The van der Waals surface area contributed by atoms with Crippen LogP contribution < -0.4 is 0 Å². The van der Waals surface area contributed by atoms with Gasteiger partial charge < -0.3 is 0 Å². The molecule has 0 aliphatic rings. The Balaban J connectivity index is 2.48. The first kappa shape index (κ1) is 9.83. The molecule has 0 aliphatic heterocycles. The largest absolute Gasteiger partial charge is 0.217 e. The minimum atomic E-state index is -0.284. The van der Waals surface area contributed by atoms with Crippen molar-refractivity contribution in [1.29, 1.82) is 0 Å². The summed E-state index contributed by atoms with van der Waals surface area (Å²) in [6.07, 6.45) is 2.55. The molecule has 0 saturated heterocycles. The van der Waals surface area contributed by atoms with Crippen LogP contribution in [0, 0.1) is 12.7 Å². The number of nitrogens with zero attached hydrogens (tertiary/aromatic N) is 3. The van der Waals surface area contributed by atoms with Gasteiger partial charge >= 0.3 is 0 Å². The third-order valence-corrected chi connectivity index (χ3v) is 2.25. The van der Waals surface area contributed by atoms with Crippen molar-refractivity contribution in [2.24, 2.45) is 0 Å². The molecule has 2 aromatic rings. The van der Waals surface area contributed by atoms with Gasteiger partial charge in [-0.05, 0) is 31.0 Å². The molecule has 0 spiro atoms. The van der Waals surface area contributed by atoms with Crippen molar-refractivity contribution >= 4 is 0 Å². The first-order chi connectivity index (χ1) is 7.20. The van der Waals surface area contributed by atoms with Crippen LogP contribution in [0.5, 0.6) is 0 Å². The molecule has 4 heteroatoms. The maximum absolute atomic E-state index is 13.5. The fourth-order valence-corrected chi connectivity index (χ4v) is 1.38. The van der Waals surface area contributed by atoms with Crippen LogP contribution in [0.1, 0.15) is 18.2 Å². The van der Waals surface area contributed by atoms with E-state index in [0.29, 0.717) is 5.69 Å². The van der Waals surface area contributed by atoms with Crippen molar-refractivity contribution in [3.63, 3.8) is 0 Å². The van der Waals surface area contributed by atoms with Crippen molar-refractivity contribution in [2.75, 3.05) is 0 Å².